The van der Waals surface area contributed by atoms with Gasteiger partial charge < -0.3 is 19.7 Å². The third-order valence-corrected chi connectivity index (χ3v) is 7.52. The Kier molecular flexibility index (Phi) is 3.91. The molecule has 1 saturated heterocycles. The van der Waals surface area contributed by atoms with Crippen molar-refractivity contribution in [3.05, 3.63) is 23.8 Å². The largest absolute Gasteiger partial charge is 0.458 e. The average Bonchev–Trinajstić information content (AvgIpc) is 3.24. The maximum atomic E-state index is 11.7. The van der Waals surface area contributed by atoms with E-state index in [1.807, 2.05) is 19.1 Å². The van der Waals surface area contributed by atoms with Crippen molar-refractivity contribution in [1.29, 1.82) is 0 Å². The van der Waals surface area contributed by atoms with Crippen LogP contribution < -0.4 is 0 Å². The minimum atomic E-state index is -0.485. The van der Waals surface area contributed by atoms with Gasteiger partial charge in [0.15, 0.2) is 0 Å². The number of carbonyl (C=O) groups excluding carboxylic acids is 1. The number of epoxide rings is 1. The first-order valence-corrected chi connectivity index (χ1v) is 9.34. The Balaban J connectivity index is 1.68. The number of cyclic esters (lactones) is 1. The first-order valence-electron chi connectivity index (χ1n) is 9.34. The lowest BCUT2D eigenvalue weighted by atomic mass is 9.45. The molecule has 0 bridgehead atoms. The van der Waals surface area contributed by atoms with Crippen LogP contribution in [0.5, 0.6) is 0 Å². The zero-order chi connectivity index (χ0) is 17.9. The van der Waals surface area contributed by atoms with Crippen LogP contribution in [0.2, 0.25) is 0 Å². The number of hydrogen-bond acceptors (Lipinski definition) is 5. The van der Waals surface area contributed by atoms with Crippen LogP contribution in [0.3, 0.4) is 0 Å². The monoisotopic (exact) mass is 348 g/mol. The van der Waals surface area contributed by atoms with Gasteiger partial charge in [0.05, 0.1) is 30.5 Å². The summed E-state index contributed by atoms with van der Waals surface area (Å²) in [7, 11) is 0. The summed E-state index contributed by atoms with van der Waals surface area (Å²) >= 11 is 0. The van der Waals surface area contributed by atoms with E-state index >= 15 is 0 Å². The first kappa shape index (κ1) is 17.3. The van der Waals surface area contributed by atoms with Gasteiger partial charge >= 0.3 is 5.97 Å². The molecule has 1 spiro atoms. The van der Waals surface area contributed by atoms with E-state index in [9.17, 15) is 15.0 Å². The number of hydrogen-bond donors (Lipinski definition) is 2. The van der Waals surface area contributed by atoms with Crippen molar-refractivity contribution in [2.45, 2.75) is 51.2 Å². The highest BCUT2D eigenvalue weighted by atomic mass is 16.6. The van der Waals surface area contributed by atoms with Crippen LogP contribution >= 0.6 is 0 Å². The Morgan fingerprint density at radius 1 is 1.32 bits per heavy atom. The van der Waals surface area contributed by atoms with Crippen molar-refractivity contribution < 1.29 is 24.5 Å². The topological polar surface area (TPSA) is 79.3 Å². The quantitative estimate of drug-likeness (QED) is 0.602. The molecule has 4 rings (SSSR count). The van der Waals surface area contributed by atoms with E-state index in [0.29, 0.717) is 18.6 Å². The number of aliphatic hydroxyl groups is 2. The predicted octanol–water partition coefficient (Wildman–Crippen LogP) is 1.98. The average molecular weight is 348 g/mol. The highest BCUT2D eigenvalue weighted by molar-refractivity contribution is 5.93. The van der Waals surface area contributed by atoms with Crippen molar-refractivity contribution in [3.8, 4) is 0 Å². The molecule has 2 N–H and O–H groups in total. The molecule has 0 aromatic rings. The third kappa shape index (κ3) is 2.43. The number of esters is 1. The van der Waals surface area contributed by atoms with Crippen LogP contribution in [-0.4, -0.2) is 47.7 Å². The minimum absolute atomic E-state index is 0.00378. The molecule has 4 aliphatic rings. The molecule has 0 aromatic carbocycles. The second-order valence-corrected chi connectivity index (χ2v) is 8.76. The minimum Gasteiger partial charge on any atom is -0.458 e. The normalized spacial score (nSPS) is 49.2. The van der Waals surface area contributed by atoms with E-state index in [1.54, 1.807) is 0 Å². The van der Waals surface area contributed by atoms with Crippen molar-refractivity contribution in [2.24, 2.45) is 22.7 Å². The van der Waals surface area contributed by atoms with Gasteiger partial charge in [-0.1, -0.05) is 26.0 Å². The molecular weight excluding hydrogens is 320 g/mol. The van der Waals surface area contributed by atoms with Gasteiger partial charge in [-0.2, -0.15) is 0 Å². The lowest BCUT2D eigenvalue weighted by Gasteiger charge is -2.60. The molecule has 2 aliphatic heterocycles. The van der Waals surface area contributed by atoms with E-state index < -0.39 is 11.5 Å². The number of aliphatic hydroxyl groups excluding tert-OH is 2. The molecule has 6 atom stereocenters. The zero-order valence-corrected chi connectivity index (χ0v) is 15.0. The Labute approximate surface area is 148 Å². The molecule has 0 radical (unpaired) electrons. The van der Waals surface area contributed by atoms with Crippen LogP contribution in [-0.2, 0) is 14.3 Å². The summed E-state index contributed by atoms with van der Waals surface area (Å²) in [6.45, 7) is 5.39. The number of carbonyl (C=O) groups is 1. The molecule has 138 valence electrons. The molecule has 2 heterocycles. The molecule has 0 aromatic heterocycles. The first-order chi connectivity index (χ1) is 11.9. The van der Waals surface area contributed by atoms with E-state index in [-0.39, 0.29) is 35.4 Å². The second kappa shape index (κ2) is 5.66. The van der Waals surface area contributed by atoms with Gasteiger partial charge in [0.2, 0.25) is 0 Å². The molecule has 3 fully saturated rings. The van der Waals surface area contributed by atoms with Gasteiger partial charge in [0.25, 0.3) is 0 Å². The lowest BCUT2D eigenvalue weighted by Crippen LogP contribution is -2.60. The van der Waals surface area contributed by atoms with E-state index in [1.165, 1.54) is 0 Å². The van der Waals surface area contributed by atoms with E-state index in [4.69, 9.17) is 9.47 Å². The Morgan fingerprint density at radius 2 is 2.08 bits per heavy atom. The lowest BCUT2D eigenvalue weighted by molar-refractivity contribution is -0.167. The smallest absolute Gasteiger partial charge is 0.338 e. The molecule has 6 unspecified atom stereocenters. The van der Waals surface area contributed by atoms with Crippen LogP contribution in [0.25, 0.3) is 0 Å². The van der Waals surface area contributed by atoms with Crippen LogP contribution in [0.4, 0.5) is 0 Å². The third-order valence-electron chi connectivity index (χ3n) is 7.52. The van der Waals surface area contributed by atoms with Crippen molar-refractivity contribution >= 4 is 5.97 Å². The Bertz CT molecular complexity index is 634. The molecule has 0 amide bonds. The molecular formula is C20H28O5. The number of rotatable bonds is 3. The molecule has 2 saturated carbocycles. The summed E-state index contributed by atoms with van der Waals surface area (Å²) in [4.78, 5) is 11.7. The van der Waals surface area contributed by atoms with Gasteiger partial charge in [-0.05, 0) is 43.1 Å². The SMILES string of the molecule is CC1(CO)C(O)CCC2(C)C(C=CC3=CCOC3=O)C3(CCC12)CO3. The maximum Gasteiger partial charge on any atom is 0.338 e. The summed E-state index contributed by atoms with van der Waals surface area (Å²) in [5, 5.41) is 20.6. The molecule has 2 aliphatic carbocycles. The van der Waals surface area contributed by atoms with Crippen LogP contribution in [0.1, 0.15) is 39.5 Å². The highest BCUT2D eigenvalue weighted by Crippen LogP contribution is 2.65. The summed E-state index contributed by atoms with van der Waals surface area (Å²) in [6.07, 6.45) is 8.85. The fourth-order valence-corrected chi connectivity index (χ4v) is 5.85. The van der Waals surface area contributed by atoms with Crippen molar-refractivity contribution in [1.82, 2.24) is 0 Å². The molecule has 5 heteroatoms. The number of ether oxygens (including phenoxy) is 2. The van der Waals surface area contributed by atoms with E-state index in [0.717, 1.165) is 25.9 Å². The van der Waals surface area contributed by atoms with Crippen molar-refractivity contribution in [2.75, 3.05) is 19.8 Å². The van der Waals surface area contributed by atoms with Crippen LogP contribution in [0, 0.1) is 22.7 Å². The summed E-state index contributed by atoms with van der Waals surface area (Å²) in [5.41, 5.74) is -0.0716. The molecule has 25 heavy (non-hydrogen) atoms. The van der Waals surface area contributed by atoms with Gasteiger partial charge in [-0.25, -0.2) is 4.79 Å². The van der Waals surface area contributed by atoms with Gasteiger partial charge in [-0.15, -0.1) is 0 Å². The summed E-state index contributed by atoms with van der Waals surface area (Å²) in [6, 6.07) is 0. The zero-order valence-electron chi connectivity index (χ0n) is 15.0. The standard InChI is InChI=1S/C20H28O5/c1-18-8-6-16(22)19(2,11-21)14(18)5-9-20(12-25-20)15(18)4-3-13-7-10-24-17(13)23/h3-4,7,14-16,21-22H,5-6,8-12H2,1-2H3. The molecule has 5 nitrogen and oxygen atoms in total. The Hall–Kier alpha value is -1.17. The highest BCUT2D eigenvalue weighted by Gasteiger charge is 2.66. The number of fused-ring (bicyclic) bond motifs is 1. The van der Waals surface area contributed by atoms with Gasteiger partial charge in [-0.3, -0.25) is 0 Å². The van der Waals surface area contributed by atoms with Gasteiger partial charge in [0.1, 0.15) is 6.61 Å². The fraction of sp³-hybridized carbons (Fsp3) is 0.750. The predicted molar refractivity (Wildman–Crippen MR) is 91.6 cm³/mol. The summed E-state index contributed by atoms with van der Waals surface area (Å²) < 4.78 is 10.9. The maximum absolute atomic E-state index is 11.7. The second-order valence-electron chi connectivity index (χ2n) is 8.76. The Morgan fingerprint density at radius 3 is 2.68 bits per heavy atom. The van der Waals surface area contributed by atoms with Crippen LogP contribution in [0.15, 0.2) is 23.8 Å². The fourth-order valence-electron chi connectivity index (χ4n) is 5.85. The summed E-state index contributed by atoms with van der Waals surface area (Å²) in [5.74, 6) is 0.132. The van der Waals surface area contributed by atoms with Crippen molar-refractivity contribution in [3.63, 3.8) is 0 Å². The van der Waals surface area contributed by atoms with E-state index in [2.05, 4.69) is 13.0 Å². The van der Waals surface area contributed by atoms with Gasteiger partial charge in [0, 0.05) is 11.3 Å².